The zero-order valence-corrected chi connectivity index (χ0v) is 15.4. The van der Waals surface area contributed by atoms with Crippen molar-refractivity contribution >= 4 is 7.69 Å². The highest BCUT2D eigenvalue weighted by Gasteiger charge is 2.11. The molecule has 0 aromatic heterocycles. The van der Waals surface area contributed by atoms with Gasteiger partial charge < -0.3 is 18.8 Å². The summed E-state index contributed by atoms with van der Waals surface area (Å²) in [5, 5.41) is 0. The molecular formula is C20H26BO4. The van der Waals surface area contributed by atoms with Gasteiger partial charge in [-0.05, 0) is 36.1 Å². The van der Waals surface area contributed by atoms with Crippen LogP contribution in [0.5, 0.6) is 23.0 Å². The van der Waals surface area contributed by atoms with Crippen molar-refractivity contribution < 1.29 is 18.8 Å². The van der Waals surface area contributed by atoms with Crippen molar-refractivity contribution in [2.75, 3.05) is 13.2 Å². The summed E-state index contributed by atoms with van der Waals surface area (Å²) in [6.45, 7) is 9.68. The van der Waals surface area contributed by atoms with E-state index in [0.717, 1.165) is 0 Å². The fraction of sp³-hybridized carbons (Fsp3) is 0.400. The Labute approximate surface area is 151 Å². The first-order chi connectivity index (χ1) is 12.1. The predicted molar refractivity (Wildman–Crippen MR) is 101 cm³/mol. The Bertz CT molecular complexity index is 588. The molecule has 0 saturated carbocycles. The molecule has 25 heavy (non-hydrogen) atoms. The molecule has 0 fully saturated rings. The molecule has 133 valence electrons. The smallest absolute Gasteiger partial charge is 0.524 e. The second-order valence-electron chi connectivity index (χ2n) is 6.64. The monoisotopic (exact) mass is 341 g/mol. The molecule has 5 heteroatoms. The first kappa shape index (κ1) is 19.0. The molecule has 0 aliphatic carbocycles. The first-order valence-corrected chi connectivity index (χ1v) is 8.65. The van der Waals surface area contributed by atoms with E-state index in [4.69, 9.17) is 18.8 Å². The van der Waals surface area contributed by atoms with Crippen molar-refractivity contribution in [1.82, 2.24) is 0 Å². The Morgan fingerprint density at radius 2 is 1.00 bits per heavy atom. The topological polar surface area (TPSA) is 36.9 Å². The van der Waals surface area contributed by atoms with Crippen LogP contribution in [0.2, 0.25) is 0 Å². The van der Waals surface area contributed by atoms with E-state index in [2.05, 4.69) is 27.7 Å². The second-order valence-corrected chi connectivity index (χ2v) is 6.64. The van der Waals surface area contributed by atoms with E-state index in [1.807, 2.05) is 48.5 Å². The van der Waals surface area contributed by atoms with Crippen molar-refractivity contribution in [3.63, 3.8) is 0 Å². The average molecular weight is 341 g/mol. The number of hydrogen-bond acceptors (Lipinski definition) is 4. The highest BCUT2D eigenvalue weighted by molar-refractivity contribution is 6.21. The number of benzene rings is 2. The van der Waals surface area contributed by atoms with Crippen molar-refractivity contribution in [2.24, 2.45) is 11.8 Å². The van der Waals surface area contributed by atoms with Crippen molar-refractivity contribution in [1.29, 1.82) is 0 Å². The van der Waals surface area contributed by atoms with Gasteiger partial charge in [-0.3, -0.25) is 0 Å². The van der Waals surface area contributed by atoms with E-state index in [1.165, 1.54) is 7.69 Å². The Morgan fingerprint density at radius 1 is 0.640 bits per heavy atom. The molecule has 1 radical (unpaired) electrons. The van der Waals surface area contributed by atoms with Gasteiger partial charge in [0.25, 0.3) is 0 Å². The van der Waals surface area contributed by atoms with E-state index >= 15 is 0 Å². The Balaban J connectivity index is 1.93. The molecule has 0 unspecified atom stereocenters. The van der Waals surface area contributed by atoms with E-state index < -0.39 is 0 Å². The third-order valence-corrected chi connectivity index (χ3v) is 3.19. The SMILES string of the molecule is CC(C)COc1ccccc1O[B]Oc1ccccc1OCC(C)C. The Kier molecular flexibility index (Phi) is 7.51. The molecule has 0 spiro atoms. The van der Waals surface area contributed by atoms with Gasteiger partial charge in [0.1, 0.15) is 11.5 Å². The largest absolute Gasteiger partial charge is 0.658 e. The minimum Gasteiger partial charge on any atom is -0.524 e. The zero-order valence-electron chi connectivity index (χ0n) is 15.4. The molecule has 0 bridgehead atoms. The van der Waals surface area contributed by atoms with Gasteiger partial charge in [0.15, 0.2) is 11.5 Å². The van der Waals surface area contributed by atoms with Gasteiger partial charge in [-0.25, -0.2) is 0 Å². The first-order valence-electron chi connectivity index (χ1n) is 8.65. The van der Waals surface area contributed by atoms with Crippen LogP contribution in [0.1, 0.15) is 27.7 Å². The fourth-order valence-electron chi connectivity index (χ4n) is 1.97. The maximum absolute atomic E-state index is 5.76. The van der Waals surface area contributed by atoms with Crippen molar-refractivity contribution in [3.8, 4) is 23.0 Å². The van der Waals surface area contributed by atoms with Gasteiger partial charge in [0.05, 0.1) is 13.2 Å². The van der Waals surface area contributed by atoms with E-state index in [-0.39, 0.29) is 0 Å². The lowest BCUT2D eigenvalue weighted by Crippen LogP contribution is -2.14. The number of ether oxygens (including phenoxy) is 2. The van der Waals surface area contributed by atoms with Crippen LogP contribution in [-0.4, -0.2) is 20.9 Å². The summed E-state index contributed by atoms with van der Waals surface area (Å²) in [6, 6.07) is 15.1. The summed E-state index contributed by atoms with van der Waals surface area (Å²) in [5.74, 6) is 3.50. The van der Waals surface area contributed by atoms with Crippen LogP contribution in [0.25, 0.3) is 0 Å². The van der Waals surface area contributed by atoms with Gasteiger partial charge in [-0.2, -0.15) is 0 Å². The minimum absolute atomic E-state index is 0.443. The molecule has 2 aromatic carbocycles. The molecule has 2 aromatic rings. The molecule has 0 atom stereocenters. The summed E-state index contributed by atoms with van der Waals surface area (Å²) in [7, 11) is 1.30. The van der Waals surface area contributed by atoms with E-state index in [1.54, 1.807) is 0 Å². The molecule has 4 nitrogen and oxygen atoms in total. The van der Waals surface area contributed by atoms with Crippen LogP contribution in [0.4, 0.5) is 0 Å². The van der Waals surface area contributed by atoms with Gasteiger partial charge in [-0.1, -0.05) is 52.0 Å². The maximum Gasteiger partial charge on any atom is 0.658 e. The third kappa shape index (κ3) is 6.61. The van der Waals surface area contributed by atoms with Gasteiger partial charge in [0, 0.05) is 0 Å². The van der Waals surface area contributed by atoms with Crippen LogP contribution in [0.3, 0.4) is 0 Å². The summed E-state index contributed by atoms with van der Waals surface area (Å²) in [5.41, 5.74) is 0. The van der Waals surface area contributed by atoms with Crippen LogP contribution >= 0.6 is 0 Å². The molecule has 0 N–H and O–H groups in total. The third-order valence-electron chi connectivity index (χ3n) is 3.19. The summed E-state index contributed by atoms with van der Waals surface area (Å²) < 4.78 is 22.8. The molecular weight excluding hydrogens is 315 g/mol. The van der Waals surface area contributed by atoms with Gasteiger partial charge >= 0.3 is 7.69 Å². The molecule has 0 saturated heterocycles. The fourth-order valence-corrected chi connectivity index (χ4v) is 1.97. The second kappa shape index (κ2) is 9.87. The van der Waals surface area contributed by atoms with Crippen LogP contribution in [-0.2, 0) is 0 Å². The lowest BCUT2D eigenvalue weighted by molar-refractivity contribution is 0.259. The van der Waals surface area contributed by atoms with Crippen LogP contribution in [0.15, 0.2) is 48.5 Å². The standard InChI is InChI=1S/C20H26BO4/c1-15(2)13-22-17-9-5-7-11-19(17)24-21-25-20-12-8-6-10-18(20)23-14-16(3)4/h5-12,15-16H,13-14H2,1-4H3. The van der Waals surface area contributed by atoms with E-state index in [9.17, 15) is 0 Å². The highest BCUT2D eigenvalue weighted by atomic mass is 16.6. The number of para-hydroxylation sites is 4. The number of hydrogen-bond donors (Lipinski definition) is 0. The molecule has 0 amide bonds. The zero-order chi connectivity index (χ0) is 18.1. The average Bonchev–Trinajstić information content (AvgIpc) is 2.60. The van der Waals surface area contributed by atoms with E-state index in [0.29, 0.717) is 48.0 Å². The molecule has 2 rings (SSSR count). The van der Waals surface area contributed by atoms with Gasteiger partial charge in [0.2, 0.25) is 0 Å². The Morgan fingerprint density at radius 3 is 1.36 bits per heavy atom. The molecule has 0 heterocycles. The van der Waals surface area contributed by atoms with Crippen molar-refractivity contribution in [2.45, 2.75) is 27.7 Å². The lowest BCUT2D eigenvalue weighted by atomic mass is 10.2. The Hall–Kier alpha value is -2.30. The summed E-state index contributed by atoms with van der Waals surface area (Å²) in [4.78, 5) is 0. The van der Waals surface area contributed by atoms with Crippen LogP contribution in [0, 0.1) is 11.8 Å². The summed E-state index contributed by atoms with van der Waals surface area (Å²) >= 11 is 0. The molecule has 0 aliphatic rings. The quantitative estimate of drug-likeness (QED) is 0.585. The normalized spacial score (nSPS) is 10.6. The minimum atomic E-state index is 0.443. The number of rotatable bonds is 10. The van der Waals surface area contributed by atoms with Crippen LogP contribution < -0.4 is 18.8 Å². The lowest BCUT2D eigenvalue weighted by Gasteiger charge is -2.15. The molecule has 0 aliphatic heterocycles. The highest BCUT2D eigenvalue weighted by Crippen LogP contribution is 2.29. The maximum atomic E-state index is 5.76. The predicted octanol–water partition coefficient (Wildman–Crippen LogP) is 4.75. The van der Waals surface area contributed by atoms with Gasteiger partial charge in [-0.15, -0.1) is 0 Å². The summed E-state index contributed by atoms with van der Waals surface area (Å²) in [6.07, 6.45) is 0. The van der Waals surface area contributed by atoms with Crippen molar-refractivity contribution in [3.05, 3.63) is 48.5 Å².